The quantitative estimate of drug-likeness (QED) is 0.361. The summed E-state index contributed by atoms with van der Waals surface area (Å²) in [5.74, 6) is 0.262. The topological polar surface area (TPSA) is 45.7 Å². The Morgan fingerprint density at radius 1 is 1.25 bits per heavy atom. The normalized spacial score (nSPS) is 17.1. The molecule has 3 aliphatic rings. The van der Waals surface area contributed by atoms with Crippen LogP contribution in [0.1, 0.15) is 31.4 Å². The Bertz CT molecular complexity index is 1390. The summed E-state index contributed by atoms with van der Waals surface area (Å²) in [7, 11) is 1.62. The number of allylic oxidation sites excluding steroid dienone is 1. The lowest BCUT2D eigenvalue weighted by molar-refractivity contribution is -0.139. The van der Waals surface area contributed by atoms with Crippen molar-refractivity contribution in [2.75, 3.05) is 38.2 Å². The number of anilines is 1. The number of hydrogen-bond acceptors (Lipinski definition) is 5. The number of ether oxygens (including phenoxy) is 1. The van der Waals surface area contributed by atoms with Gasteiger partial charge in [0.25, 0.3) is 0 Å². The molecule has 2 fully saturated rings. The molecule has 0 N–H and O–H groups in total. The van der Waals surface area contributed by atoms with Crippen molar-refractivity contribution >= 4 is 51.0 Å². The van der Waals surface area contributed by atoms with Crippen molar-refractivity contribution in [3.63, 3.8) is 0 Å². The Balaban J connectivity index is 0.00000130. The molecule has 36 heavy (non-hydrogen) atoms. The minimum Gasteiger partial charge on any atom is -0.497 e. The van der Waals surface area contributed by atoms with E-state index in [0.717, 1.165) is 66.1 Å². The number of likely N-dealkylation sites (tertiary alicyclic amines) is 1. The number of halogens is 2. The van der Waals surface area contributed by atoms with Gasteiger partial charge in [-0.05, 0) is 65.3 Å². The number of amides is 1. The highest BCUT2D eigenvalue weighted by molar-refractivity contribution is 7.11. The maximum absolute atomic E-state index is 16.0. The number of benzene rings is 2. The first-order chi connectivity index (χ1) is 17.4. The SMILES string of the molecule is C=CC(=O)N1CC2(C1)CN(c1snc3c(F)c(-c4cc(OC)cc5c4C=CCC5)c(Cl)cc13)C2.CC. The van der Waals surface area contributed by atoms with E-state index < -0.39 is 5.82 Å². The Labute approximate surface area is 220 Å². The minimum atomic E-state index is -0.402. The molecule has 1 aromatic heterocycles. The number of carbonyl (C=O) groups is 1. The molecule has 6 rings (SSSR count). The third-order valence-electron chi connectivity index (χ3n) is 7.13. The van der Waals surface area contributed by atoms with E-state index in [9.17, 15) is 4.79 Å². The lowest BCUT2D eigenvalue weighted by Gasteiger charge is -2.60. The van der Waals surface area contributed by atoms with Gasteiger partial charge in [0.2, 0.25) is 5.91 Å². The van der Waals surface area contributed by atoms with Crippen LogP contribution >= 0.6 is 23.1 Å². The van der Waals surface area contributed by atoms with Crippen LogP contribution in [-0.2, 0) is 11.2 Å². The van der Waals surface area contributed by atoms with E-state index in [1.165, 1.54) is 17.6 Å². The summed E-state index contributed by atoms with van der Waals surface area (Å²) in [5, 5.41) is 2.02. The fourth-order valence-corrected chi connectivity index (χ4v) is 6.63. The Kier molecular flexibility index (Phi) is 6.55. The average molecular weight is 526 g/mol. The van der Waals surface area contributed by atoms with Crippen molar-refractivity contribution in [2.24, 2.45) is 5.41 Å². The van der Waals surface area contributed by atoms with E-state index in [1.54, 1.807) is 12.0 Å². The van der Waals surface area contributed by atoms with Crippen molar-refractivity contribution in [3.05, 3.63) is 58.9 Å². The van der Waals surface area contributed by atoms with E-state index in [1.807, 2.05) is 38.1 Å². The Morgan fingerprint density at radius 2 is 2.00 bits per heavy atom. The van der Waals surface area contributed by atoms with Gasteiger partial charge in [-0.25, -0.2) is 4.39 Å². The van der Waals surface area contributed by atoms with Crippen molar-refractivity contribution in [1.29, 1.82) is 0 Å². The molecule has 0 saturated carbocycles. The molecule has 0 unspecified atom stereocenters. The zero-order valence-electron chi connectivity index (χ0n) is 20.7. The summed E-state index contributed by atoms with van der Waals surface area (Å²) >= 11 is 8.04. The van der Waals surface area contributed by atoms with Crippen molar-refractivity contribution in [3.8, 4) is 16.9 Å². The number of aryl methyl sites for hydroxylation is 1. The summed E-state index contributed by atoms with van der Waals surface area (Å²) in [5.41, 5.74) is 3.66. The second kappa shape index (κ2) is 9.52. The highest BCUT2D eigenvalue weighted by Gasteiger charge is 2.53. The molecule has 1 aliphatic carbocycles. The Morgan fingerprint density at radius 3 is 2.69 bits per heavy atom. The van der Waals surface area contributed by atoms with E-state index in [-0.39, 0.29) is 11.3 Å². The number of rotatable bonds is 4. The predicted molar refractivity (Wildman–Crippen MR) is 147 cm³/mol. The third kappa shape index (κ3) is 3.89. The van der Waals surface area contributed by atoms with Crippen LogP contribution in [0, 0.1) is 11.2 Å². The number of nitrogens with zero attached hydrogens (tertiary/aromatic N) is 3. The maximum Gasteiger partial charge on any atom is 0.245 e. The largest absolute Gasteiger partial charge is 0.497 e. The number of fused-ring (bicyclic) bond motifs is 2. The van der Waals surface area contributed by atoms with E-state index in [2.05, 4.69) is 21.9 Å². The van der Waals surface area contributed by atoms with Crippen molar-refractivity contribution in [1.82, 2.24) is 9.27 Å². The number of hydrogen-bond donors (Lipinski definition) is 0. The van der Waals surface area contributed by atoms with Gasteiger partial charge < -0.3 is 14.5 Å². The van der Waals surface area contributed by atoms with Gasteiger partial charge in [-0.15, -0.1) is 0 Å². The number of methoxy groups -OCH3 is 1. The molecule has 2 aromatic carbocycles. The summed E-state index contributed by atoms with van der Waals surface area (Å²) in [6.45, 7) is 10.7. The standard InChI is InChI=1S/C26H23ClFN3O2S.C2H6/c1-3-21(32)30-11-26(12-30)13-31(14-26)25-19-10-20(27)22(23(28)24(19)29-34-25)18-9-16(33-2)8-15-6-4-5-7-17(15)18;1-2/h3,5,7-10H,1,4,6,11-14H2,2H3;1-2H3. The third-order valence-corrected chi connectivity index (χ3v) is 8.36. The lowest BCUT2D eigenvalue weighted by Crippen LogP contribution is -2.72. The molecule has 2 aliphatic heterocycles. The van der Waals surface area contributed by atoms with Crippen LogP contribution in [-0.4, -0.2) is 48.5 Å². The average Bonchev–Trinajstić information content (AvgIpc) is 3.26. The maximum atomic E-state index is 16.0. The molecular weight excluding hydrogens is 497 g/mol. The summed E-state index contributed by atoms with van der Waals surface area (Å²) < 4.78 is 25.9. The van der Waals surface area contributed by atoms with E-state index in [0.29, 0.717) is 21.9 Å². The molecule has 5 nitrogen and oxygen atoms in total. The molecule has 188 valence electrons. The zero-order chi connectivity index (χ0) is 25.6. The van der Waals surface area contributed by atoms with Gasteiger partial charge in [0.1, 0.15) is 16.3 Å². The molecule has 1 amide bonds. The summed E-state index contributed by atoms with van der Waals surface area (Å²) in [6, 6.07) is 5.70. The van der Waals surface area contributed by atoms with Crippen LogP contribution in [0.4, 0.5) is 9.39 Å². The predicted octanol–water partition coefficient (Wildman–Crippen LogP) is 6.58. The minimum absolute atomic E-state index is 0.0247. The second-order valence-electron chi connectivity index (χ2n) is 9.37. The van der Waals surface area contributed by atoms with E-state index in [4.69, 9.17) is 16.3 Å². The summed E-state index contributed by atoms with van der Waals surface area (Å²) in [4.78, 5) is 15.8. The lowest BCUT2D eigenvalue weighted by atomic mass is 9.73. The highest BCUT2D eigenvalue weighted by Crippen LogP contribution is 2.48. The molecule has 0 bridgehead atoms. The van der Waals surface area contributed by atoms with Gasteiger partial charge in [0.15, 0.2) is 5.82 Å². The molecule has 3 aromatic rings. The number of carbonyl (C=O) groups excluding carboxylic acids is 1. The first-order valence-corrected chi connectivity index (χ1v) is 13.4. The van der Waals surface area contributed by atoms with Gasteiger partial charge in [-0.1, -0.05) is 44.2 Å². The van der Waals surface area contributed by atoms with Crippen LogP contribution < -0.4 is 9.64 Å². The second-order valence-corrected chi connectivity index (χ2v) is 10.5. The zero-order valence-corrected chi connectivity index (χ0v) is 22.3. The van der Waals surface area contributed by atoms with Gasteiger partial charge in [0.05, 0.1) is 12.1 Å². The van der Waals surface area contributed by atoms with Crippen LogP contribution in [0.5, 0.6) is 5.75 Å². The van der Waals surface area contributed by atoms with Gasteiger partial charge in [-0.2, -0.15) is 4.37 Å². The summed E-state index contributed by atoms with van der Waals surface area (Å²) in [6.07, 6.45) is 7.33. The van der Waals surface area contributed by atoms with Crippen LogP contribution in [0.3, 0.4) is 0 Å². The molecule has 3 heterocycles. The van der Waals surface area contributed by atoms with Crippen molar-refractivity contribution < 1.29 is 13.9 Å². The van der Waals surface area contributed by atoms with Crippen LogP contribution in [0.25, 0.3) is 28.1 Å². The monoisotopic (exact) mass is 525 g/mol. The first-order valence-electron chi connectivity index (χ1n) is 12.2. The highest BCUT2D eigenvalue weighted by atomic mass is 35.5. The molecule has 8 heteroatoms. The molecule has 0 radical (unpaired) electrons. The molecular formula is C28H29ClFN3O2S. The molecule has 1 spiro atoms. The van der Waals surface area contributed by atoms with Crippen molar-refractivity contribution in [2.45, 2.75) is 26.7 Å². The van der Waals surface area contributed by atoms with E-state index >= 15 is 4.39 Å². The van der Waals surface area contributed by atoms with Crippen LogP contribution in [0.15, 0.2) is 36.9 Å². The Hall–Kier alpha value is -2.90. The fourth-order valence-electron chi connectivity index (χ4n) is 5.48. The van der Waals surface area contributed by atoms with Gasteiger partial charge >= 0.3 is 0 Å². The van der Waals surface area contributed by atoms with Crippen LogP contribution in [0.2, 0.25) is 5.02 Å². The first kappa shape index (κ1) is 24.8. The smallest absolute Gasteiger partial charge is 0.245 e. The van der Waals surface area contributed by atoms with Gasteiger partial charge in [0, 0.05) is 42.5 Å². The molecule has 2 saturated heterocycles. The molecule has 0 atom stereocenters. The van der Waals surface area contributed by atoms with Gasteiger partial charge in [-0.3, -0.25) is 4.79 Å². The fraction of sp³-hybridized carbons (Fsp3) is 0.357. The number of aromatic nitrogens is 1.